The van der Waals surface area contributed by atoms with Crippen molar-refractivity contribution in [3.8, 4) is 6.07 Å². The summed E-state index contributed by atoms with van der Waals surface area (Å²) < 4.78 is 0. The van der Waals surface area contributed by atoms with E-state index >= 15 is 0 Å². The van der Waals surface area contributed by atoms with Crippen LogP contribution in [0.25, 0.3) is 11.0 Å². The monoisotopic (exact) mass is 422 g/mol. The number of carbonyl (C=O) groups is 1. The second-order valence-corrected chi connectivity index (χ2v) is 8.82. The fraction of sp³-hybridized carbons (Fsp3) is 0.591. The van der Waals surface area contributed by atoms with E-state index in [-0.39, 0.29) is 23.7 Å². The zero-order chi connectivity index (χ0) is 22.0. The summed E-state index contributed by atoms with van der Waals surface area (Å²) in [6.07, 6.45) is 5.86. The van der Waals surface area contributed by atoms with Gasteiger partial charge in [-0.2, -0.15) is 5.26 Å². The van der Waals surface area contributed by atoms with Gasteiger partial charge in [0.1, 0.15) is 17.1 Å². The van der Waals surface area contributed by atoms with E-state index in [0.717, 1.165) is 44.8 Å². The smallest absolute Gasteiger partial charge is 0.237 e. The molecule has 9 heteroatoms. The van der Waals surface area contributed by atoms with Gasteiger partial charge in [0.25, 0.3) is 0 Å². The number of likely N-dealkylation sites (N-methyl/N-ethyl adjacent to an activating group) is 1. The van der Waals surface area contributed by atoms with Crippen molar-refractivity contribution in [3.05, 3.63) is 24.3 Å². The van der Waals surface area contributed by atoms with Crippen LogP contribution < -0.4 is 10.2 Å². The van der Waals surface area contributed by atoms with Gasteiger partial charge in [0.05, 0.1) is 17.9 Å². The molecule has 1 N–H and O–H groups in total. The Morgan fingerprint density at radius 3 is 2.58 bits per heavy atom. The van der Waals surface area contributed by atoms with Crippen LogP contribution in [0.2, 0.25) is 0 Å². The highest BCUT2D eigenvalue weighted by Crippen LogP contribution is 2.29. The standard InChI is InChI=1S/C22H30N8O/c1-15-10-17(27-22(31)16(2)29-8-6-28(3)7-9-29)14-30(13-15)19-12-26-18(11-23)20-21(19)25-5-4-24-20/h4-5,12,15-17H,6-10,13-14H2,1-3H3,(H,27,31). The topological polar surface area (TPSA) is 101 Å². The van der Waals surface area contributed by atoms with Crippen LogP contribution >= 0.6 is 0 Å². The molecular formula is C22H30N8O. The highest BCUT2D eigenvalue weighted by Gasteiger charge is 2.31. The van der Waals surface area contributed by atoms with E-state index in [1.165, 1.54) is 0 Å². The van der Waals surface area contributed by atoms with Crippen molar-refractivity contribution in [3.63, 3.8) is 0 Å². The molecule has 4 heterocycles. The minimum atomic E-state index is -0.136. The fourth-order valence-electron chi connectivity index (χ4n) is 4.61. The molecule has 3 unspecified atom stereocenters. The van der Waals surface area contributed by atoms with Gasteiger partial charge < -0.3 is 15.1 Å². The molecule has 0 aromatic carbocycles. The van der Waals surface area contributed by atoms with Gasteiger partial charge in [-0.1, -0.05) is 6.92 Å². The fourth-order valence-corrected chi connectivity index (χ4v) is 4.61. The maximum atomic E-state index is 13.0. The number of piperazine rings is 1. The third-order valence-corrected chi connectivity index (χ3v) is 6.40. The van der Waals surface area contributed by atoms with E-state index in [4.69, 9.17) is 0 Å². The second-order valence-electron chi connectivity index (χ2n) is 8.82. The molecule has 9 nitrogen and oxygen atoms in total. The Morgan fingerprint density at radius 1 is 1.16 bits per heavy atom. The molecule has 2 aromatic rings. The first kappa shape index (κ1) is 21.4. The van der Waals surface area contributed by atoms with Crippen molar-refractivity contribution in [1.82, 2.24) is 30.1 Å². The van der Waals surface area contributed by atoms with E-state index in [1.807, 2.05) is 6.92 Å². The molecule has 1 amide bonds. The van der Waals surface area contributed by atoms with Crippen LogP contribution in [0.15, 0.2) is 18.6 Å². The third kappa shape index (κ3) is 4.60. The quantitative estimate of drug-likeness (QED) is 0.774. The predicted molar refractivity (Wildman–Crippen MR) is 119 cm³/mol. The lowest BCUT2D eigenvalue weighted by Crippen LogP contribution is -2.57. The summed E-state index contributed by atoms with van der Waals surface area (Å²) >= 11 is 0. The number of amides is 1. The molecule has 0 saturated carbocycles. The molecule has 0 spiro atoms. The van der Waals surface area contributed by atoms with E-state index < -0.39 is 0 Å². The number of piperidine rings is 1. The minimum Gasteiger partial charge on any atom is -0.366 e. The van der Waals surface area contributed by atoms with Gasteiger partial charge >= 0.3 is 0 Å². The van der Waals surface area contributed by atoms with Crippen LogP contribution in [-0.2, 0) is 4.79 Å². The zero-order valence-electron chi connectivity index (χ0n) is 18.5. The molecule has 2 aliphatic rings. The Kier molecular flexibility index (Phi) is 6.30. The first-order valence-corrected chi connectivity index (χ1v) is 10.9. The first-order valence-electron chi connectivity index (χ1n) is 10.9. The van der Waals surface area contributed by atoms with Crippen LogP contribution in [0, 0.1) is 17.2 Å². The van der Waals surface area contributed by atoms with Crippen LogP contribution in [0.5, 0.6) is 0 Å². The lowest BCUT2D eigenvalue weighted by molar-refractivity contribution is -0.127. The van der Waals surface area contributed by atoms with Gasteiger partial charge in [0.2, 0.25) is 5.91 Å². The van der Waals surface area contributed by atoms with Crippen molar-refractivity contribution in [2.45, 2.75) is 32.4 Å². The number of aromatic nitrogens is 3. The van der Waals surface area contributed by atoms with Crippen LogP contribution in [0.4, 0.5) is 5.69 Å². The minimum absolute atomic E-state index is 0.0496. The van der Waals surface area contributed by atoms with Crippen molar-refractivity contribution in [1.29, 1.82) is 5.26 Å². The van der Waals surface area contributed by atoms with Gasteiger partial charge in [-0.3, -0.25) is 14.7 Å². The molecule has 2 fully saturated rings. The van der Waals surface area contributed by atoms with E-state index in [0.29, 0.717) is 23.5 Å². The SMILES string of the molecule is CC1CC(NC(=O)C(C)N2CCN(C)CC2)CN(c2cnc(C#N)c3nccnc23)C1. The summed E-state index contributed by atoms with van der Waals surface area (Å²) in [6.45, 7) is 9.54. The normalized spacial score (nSPS) is 24.0. The number of anilines is 1. The van der Waals surface area contributed by atoms with Gasteiger partial charge in [-0.25, -0.2) is 9.97 Å². The number of hydrogen-bond donors (Lipinski definition) is 1. The van der Waals surface area contributed by atoms with Gasteiger partial charge in [-0.15, -0.1) is 0 Å². The third-order valence-electron chi connectivity index (χ3n) is 6.40. The zero-order valence-corrected chi connectivity index (χ0v) is 18.5. The van der Waals surface area contributed by atoms with Crippen LogP contribution in [0.3, 0.4) is 0 Å². The summed E-state index contributed by atoms with van der Waals surface area (Å²) in [6, 6.07) is 2.01. The second kappa shape index (κ2) is 9.12. The molecule has 2 saturated heterocycles. The maximum Gasteiger partial charge on any atom is 0.237 e. The molecule has 4 rings (SSSR count). The highest BCUT2D eigenvalue weighted by atomic mass is 16.2. The van der Waals surface area contributed by atoms with Crippen LogP contribution in [0.1, 0.15) is 26.0 Å². The van der Waals surface area contributed by atoms with Gasteiger partial charge in [-0.05, 0) is 26.3 Å². The molecule has 0 radical (unpaired) electrons. The summed E-state index contributed by atoms with van der Waals surface area (Å²) in [5.41, 5.74) is 2.34. The van der Waals surface area contributed by atoms with Crippen molar-refractivity contribution in [2.24, 2.45) is 5.92 Å². The lowest BCUT2D eigenvalue weighted by Gasteiger charge is -2.40. The number of rotatable bonds is 4. The number of nitriles is 1. The molecular weight excluding hydrogens is 392 g/mol. The summed E-state index contributed by atoms with van der Waals surface area (Å²) in [4.78, 5) is 32.8. The van der Waals surface area contributed by atoms with E-state index in [2.05, 4.69) is 55.0 Å². The van der Waals surface area contributed by atoms with Crippen LogP contribution in [-0.4, -0.2) is 89.1 Å². The molecule has 3 atom stereocenters. The van der Waals surface area contributed by atoms with Gasteiger partial charge in [0, 0.05) is 57.7 Å². The number of nitrogens with one attached hydrogen (secondary N) is 1. The van der Waals surface area contributed by atoms with E-state index in [9.17, 15) is 10.1 Å². The Bertz CT molecular complexity index is 981. The average molecular weight is 423 g/mol. The van der Waals surface area contributed by atoms with Crippen molar-refractivity contribution in [2.75, 3.05) is 51.2 Å². The Hall–Kier alpha value is -2.83. The number of carbonyl (C=O) groups excluding carboxylic acids is 1. The van der Waals surface area contributed by atoms with E-state index in [1.54, 1.807) is 18.6 Å². The van der Waals surface area contributed by atoms with Crippen molar-refractivity contribution >= 4 is 22.6 Å². The molecule has 31 heavy (non-hydrogen) atoms. The molecule has 164 valence electrons. The number of nitrogens with zero attached hydrogens (tertiary/aromatic N) is 7. The first-order chi connectivity index (χ1) is 15.0. The molecule has 2 aliphatic heterocycles. The number of pyridine rings is 1. The Morgan fingerprint density at radius 2 is 1.87 bits per heavy atom. The highest BCUT2D eigenvalue weighted by molar-refractivity contribution is 5.90. The predicted octanol–water partition coefficient (Wildman–Crippen LogP) is 0.863. The summed E-state index contributed by atoms with van der Waals surface area (Å²) in [7, 11) is 2.12. The molecule has 0 aliphatic carbocycles. The largest absolute Gasteiger partial charge is 0.366 e. The number of hydrogen-bond acceptors (Lipinski definition) is 8. The van der Waals surface area contributed by atoms with Crippen molar-refractivity contribution < 1.29 is 4.79 Å². The molecule has 2 aromatic heterocycles. The molecule has 0 bridgehead atoms. The lowest BCUT2D eigenvalue weighted by atomic mass is 9.95. The Balaban J connectivity index is 1.48. The summed E-state index contributed by atoms with van der Waals surface area (Å²) in [5, 5.41) is 12.6. The van der Waals surface area contributed by atoms with Gasteiger partial charge in [0.15, 0.2) is 5.69 Å². The Labute approximate surface area is 183 Å². The summed E-state index contributed by atoms with van der Waals surface area (Å²) in [5.74, 6) is 0.492. The average Bonchev–Trinajstić information content (AvgIpc) is 2.78. The maximum absolute atomic E-state index is 13.0. The number of fused-ring (bicyclic) bond motifs is 1.